The van der Waals surface area contributed by atoms with Crippen molar-refractivity contribution in [2.45, 2.75) is 38.2 Å². The van der Waals surface area contributed by atoms with Gasteiger partial charge in [0.1, 0.15) is 4.88 Å². The summed E-state index contributed by atoms with van der Waals surface area (Å²) in [6, 6.07) is 0. The van der Waals surface area contributed by atoms with Crippen LogP contribution in [0.4, 0.5) is 0 Å². The number of amides is 1. The summed E-state index contributed by atoms with van der Waals surface area (Å²) in [7, 11) is 0. The molecule has 2 heterocycles. The predicted octanol–water partition coefficient (Wildman–Crippen LogP) is 1.15. The minimum Gasteiger partial charge on any atom is -0.479 e. The average Bonchev–Trinajstić information content (AvgIpc) is 2.88. The highest BCUT2D eigenvalue weighted by molar-refractivity contribution is 7.13. The second-order valence-electron chi connectivity index (χ2n) is 5.00. The molecule has 0 unspecified atom stereocenters. The molecule has 1 aliphatic heterocycles. The van der Waals surface area contributed by atoms with Crippen LogP contribution in [0.1, 0.15) is 40.9 Å². The van der Waals surface area contributed by atoms with Crippen LogP contribution in [-0.2, 0) is 11.2 Å². The molecule has 7 heteroatoms. The van der Waals surface area contributed by atoms with Gasteiger partial charge in [-0.05, 0) is 12.8 Å². The Morgan fingerprint density at radius 1 is 1.45 bits per heavy atom. The Balaban J connectivity index is 1.99. The summed E-state index contributed by atoms with van der Waals surface area (Å²) in [4.78, 5) is 29.6. The summed E-state index contributed by atoms with van der Waals surface area (Å²) in [6.07, 6.45) is 3.55. The van der Waals surface area contributed by atoms with Crippen molar-refractivity contribution >= 4 is 23.2 Å². The largest absolute Gasteiger partial charge is 0.479 e. The molecule has 0 saturated carbocycles. The number of hydrogen-bond acceptors (Lipinski definition) is 5. The lowest BCUT2D eigenvalue weighted by Gasteiger charge is -2.35. The standard InChI is InChI=1S/C13H18N2O4S/c1-2-3-10-14-8-9(20-10)11(16)15-6-4-13(19,5-7-15)12(17)18/h8,19H,2-7H2,1H3,(H,17,18). The van der Waals surface area contributed by atoms with Gasteiger partial charge in [-0.2, -0.15) is 0 Å². The molecule has 1 amide bonds. The summed E-state index contributed by atoms with van der Waals surface area (Å²) >= 11 is 1.38. The van der Waals surface area contributed by atoms with Crippen LogP contribution in [0, 0.1) is 0 Å². The van der Waals surface area contributed by atoms with Crippen LogP contribution in [0.2, 0.25) is 0 Å². The second kappa shape index (κ2) is 5.88. The topological polar surface area (TPSA) is 90.7 Å². The van der Waals surface area contributed by atoms with Crippen molar-refractivity contribution in [3.05, 3.63) is 16.1 Å². The highest BCUT2D eigenvalue weighted by Crippen LogP contribution is 2.25. The number of carbonyl (C=O) groups is 2. The molecular formula is C13H18N2O4S. The van der Waals surface area contributed by atoms with Crippen molar-refractivity contribution < 1.29 is 19.8 Å². The van der Waals surface area contributed by atoms with Crippen molar-refractivity contribution in [1.29, 1.82) is 0 Å². The molecule has 1 aromatic heterocycles. The maximum Gasteiger partial charge on any atom is 0.335 e. The van der Waals surface area contributed by atoms with E-state index in [0.29, 0.717) is 4.88 Å². The molecule has 20 heavy (non-hydrogen) atoms. The Kier molecular flexibility index (Phi) is 4.39. The van der Waals surface area contributed by atoms with Crippen LogP contribution < -0.4 is 0 Å². The minimum atomic E-state index is -1.70. The van der Waals surface area contributed by atoms with Gasteiger partial charge in [0, 0.05) is 25.9 Å². The number of piperidine rings is 1. The Morgan fingerprint density at radius 3 is 2.65 bits per heavy atom. The molecule has 0 spiro atoms. The average molecular weight is 298 g/mol. The van der Waals surface area contributed by atoms with Gasteiger partial charge in [-0.15, -0.1) is 11.3 Å². The lowest BCUT2D eigenvalue weighted by atomic mass is 9.91. The first-order chi connectivity index (χ1) is 9.46. The monoisotopic (exact) mass is 298 g/mol. The lowest BCUT2D eigenvalue weighted by molar-refractivity contribution is -0.162. The van der Waals surface area contributed by atoms with Crippen LogP contribution in [-0.4, -0.2) is 50.7 Å². The van der Waals surface area contributed by atoms with Gasteiger partial charge in [0.05, 0.1) is 11.2 Å². The number of aliphatic carboxylic acids is 1. The molecule has 2 rings (SSSR count). The van der Waals surface area contributed by atoms with Gasteiger partial charge in [-0.1, -0.05) is 6.92 Å². The maximum absolute atomic E-state index is 12.3. The number of aliphatic hydroxyl groups is 1. The molecular weight excluding hydrogens is 280 g/mol. The molecule has 0 bridgehead atoms. The Morgan fingerprint density at radius 2 is 2.10 bits per heavy atom. The van der Waals surface area contributed by atoms with Crippen molar-refractivity contribution in [3.63, 3.8) is 0 Å². The molecule has 1 fully saturated rings. The molecule has 1 saturated heterocycles. The summed E-state index contributed by atoms with van der Waals surface area (Å²) in [5.74, 6) is -1.34. The van der Waals surface area contributed by atoms with Gasteiger partial charge in [0.2, 0.25) is 0 Å². The third kappa shape index (κ3) is 2.99. The zero-order chi connectivity index (χ0) is 14.8. The predicted molar refractivity (Wildman–Crippen MR) is 73.8 cm³/mol. The first-order valence-corrected chi connectivity index (χ1v) is 7.47. The van der Waals surface area contributed by atoms with Crippen molar-refractivity contribution in [2.75, 3.05) is 13.1 Å². The van der Waals surface area contributed by atoms with Crippen molar-refractivity contribution in [1.82, 2.24) is 9.88 Å². The first kappa shape index (κ1) is 14.9. The van der Waals surface area contributed by atoms with Gasteiger partial charge in [0.25, 0.3) is 5.91 Å². The van der Waals surface area contributed by atoms with E-state index in [1.54, 1.807) is 11.1 Å². The number of aryl methyl sites for hydroxylation is 1. The molecule has 0 aromatic carbocycles. The normalized spacial score (nSPS) is 18.0. The third-order valence-corrected chi connectivity index (χ3v) is 4.55. The Labute approximate surface area is 121 Å². The summed E-state index contributed by atoms with van der Waals surface area (Å²) in [5, 5.41) is 19.7. The highest BCUT2D eigenvalue weighted by Gasteiger charge is 2.40. The number of aromatic nitrogens is 1. The number of carboxylic acid groups (broad SMARTS) is 1. The van der Waals surface area contributed by atoms with E-state index < -0.39 is 11.6 Å². The fourth-order valence-electron chi connectivity index (χ4n) is 2.19. The van der Waals surface area contributed by atoms with Gasteiger partial charge in [-0.25, -0.2) is 9.78 Å². The van der Waals surface area contributed by atoms with E-state index in [-0.39, 0.29) is 31.8 Å². The van der Waals surface area contributed by atoms with E-state index in [1.165, 1.54) is 11.3 Å². The van der Waals surface area contributed by atoms with Crippen molar-refractivity contribution in [3.8, 4) is 0 Å². The number of thiazole rings is 1. The molecule has 1 aromatic rings. The minimum absolute atomic E-state index is 0.0642. The smallest absolute Gasteiger partial charge is 0.335 e. The Bertz CT molecular complexity index is 506. The van der Waals surface area contributed by atoms with Crippen LogP contribution in [0.15, 0.2) is 6.20 Å². The SMILES string of the molecule is CCCc1ncc(C(=O)N2CCC(O)(C(=O)O)CC2)s1. The lowest BCUT2D eigenvalue weighted by Crippen LogP contribution is -2.50. The number of nitrogens with zero attached hydrogens (tertiary/aromatic N) is 2. The molecule has 2 N–H and O–H groups in total. The van der Waals surface area contributed by atoms with Crippen LogP contribution >= 0.6 is 11.3 Å². The summed E-state index contributed by atoms with van der Waals surface area (Å²) in [5.41, 5.74) is -1.70. The van der Waals surface area contributed by atoms with Gasteiger partial charge >= 0.3 is 5.97 Å². The van der Waals surface area contributed by atoms with E-state index in [2.05, 4.69) is 11.9 Å². The molecule has 110 valence electrons. The third-order valence-electron chi connectivity index (χ3n) is 3.50. The molecule has 1 aliphatic rings. The quantitative estimate of drug-likeness (QED) is 0.870. The highest BCUT2D eigenvalue weighted by atomic mass is 32.1. The number of carboxylic acids is 1. The zero-order valence-corrected chi connectivity index (χ0v) is 12.2. The van der Waals surface area contributed by atoms with Crippen LogP contribution in [0.3, 0.4) is 0 Å². The van der Waals surface area contributed by atoms with Crippen LogP contribution in [0.25, 0.3) is 0 Å². The van der Waals surface area contributed by atoms with Gasteiger partial charge in [-0.3, -0.25) is 4.79 Å². The van der Waals surface area contributed by atoms with E-state index >= 15 is 0 Å². The summed E-state index contributed by atoms with van der Waals surface area (Å²) in [6.45, 7) is 2.56. The number of rotatable bonds is 4. The van der Waals surface area contributed by atoms with Gasteiger partial charge in [0.15, 0.2) is 5.60 Å². The van der Waals surface area contributed by atoms with Crippen LogP contribution in [0.5, 0.6) is 0 Å². The molecule has 6 nitrogen and oxygen atoms in total. The first-order valence-electron chi connectivity index (χ1n) is 6.66. The second-order valence-corrected chi connectivity index (χ2v) is 6.11. The fraction of sp³-hybridized carbons (Fsp3) is 0.615. The fourth-order valence-corrected chi connectivity index (χ4v) is 3.18. The maximum atomic E-state index is 12.3. The Hall–Kier alpha value is -1.47. The zero-order valence-electron chi connectivity index (χ0n) is 11.3. The van der Waals surface area contributed by atoms with E-state index in [4.69, 9.17) is 5.11 Å². The van der Waals surface area contributed by atoms with Crippen molar-refractivity contribution in [2.24, 2.45) is 0 Å². The molecule has 0 radical (unpaired) electrons. The van der Waals surface area contributed by atoms with E-state index in [1.807, 2.05) is 0 Å². The van der Waals surface area contributed by atoms with E-state index in [0.717, 1.165) is 17.8 Å². The molecule has 0 aliphatic carbocycles. The number of hydrogen-bond donors (Lipinski definition) is 2. The number of carbonyl (C=O) groups excluding carboxylic acids is 1. The van der Waals surface area contributed by atoms with Gasteiger partial charge < -0.3 is 15.1 Å². The van der Waals surface area contributed by atoms with E-state index in [9.17, 15) is 14.7 Å². The number of likely N-dealkylation sites (tertiary alicyclic amines) is 1. The summed E-state index contributed by atoms with van der Waals surface area (Å²) < 4.78 is 0. The molecule has 0 atom stereocenters.